The molecule has 0 unspecified atom stereocenters. The van der Waals surface area contributed by atoms with Gasteiger partial charge in [0.05, 0.1) is 24.6 Å². The van der Waals surface area contributed by atoms with E-state index < -0.39 is 47.0 Å². The SMILES string of the molecule is COC(=O)[C@]1(c2ccccc2)N[C@H](c2ccc(O)cc2)[C@@H]2C(=O)N(c3ccc(F)cc3)C(=O)[C@@H]21. The lowest BCUT2D eigenvalue weighted by atomic mass is 9.75. The van der Waals surface area contributed by atoms with Crippen molar-refractivity contribution in [3.8, 4) is 5.75 Å². The number of ether oxygens (including phenoxy) is 1. The number of methoxy groups -OCH3 is 1. The second-order valence-electron chi connectivity index (χ2n) is 8.37. The molecule has 2 amide bonds. The number of phenols is 1. The van der Waals surface area contributed by atoms with Crippen molar-refractivity contribution in [2.75, 3.05) is 12.0 Å². The van der Waals surface area contributed by atoms with E-state index in [1.54, 1.807) is 42.5 Å². The summed E-state index contributed by atoms with van der Waals surface area (Å²) < 4.78 is 18.7. The Morgan fingerprint density at radius 1 is 0.971 bits per heavy atom. The zero-order valence-electron chi connectivity index (χ0n) is 18.1. The Bertz CT molecular complexity index is 1260. The highest BCUT2D eigenvalue weighted by atomic mass is 19.1. The van der Waals surface area contributed by atoms with Crippen molar-refractivity contribution in [2.24, 2.45) is 11.8 Å². The van der Waals surface area contributed by atoms with Crippen molar-refractivity contribution in [2.45, 2.75) is 11.6 Å². The first-order valence-corrected chi connectivity index (χ1v) is 10.7. The van der Waals surface area contributed by atoms with E-state index in [9.17, 15) is 23.9 Å². The van der Waals surface area contributed by atoms with E-state index in [1.165, 1.54) is 43.5 Å². The number of amides is 2. The number of carbonyl (C=O) groups is 3. The van der Waals surface area contributed by atoms with Gasteiger partial charge in [-0.1, -0.05) is 42.5 Å². The van der Waals surface area contributed by atoms with Gasteiger partial charge in [0.1, 0.15) is 11.6 Å². The Labute approximate surface area is 194 Å². The van der Waals surface area contributed by atoms with E-state index in [-0.39, 0.29) is 11.4 Å². The summed E-state index contributed by atoms with van der Waals surface area (Å²) in [6, 6.07) is 19.2. The molecule has 0 bridgehead atoms. The molecule has 172 valence electrons. The van der Waals surface area contributed by atoms with E-state index >= 15 is 0 Å². The number of nitrogens with one attached hydrogen (secondary N) is 1. The summed E-state index contributed by atoms with van der Waals surface area (Å²) in [7, 11) is 1.23. The molecule has 34 heavy (non-hydrogen) atoms. The second kappa shape index (κ2) is 8.07. The van der Waals surface area contributed by atoms with E-state index in [4.69, 9.17) is 4.74 Å². The lowest BCUT2D eigenvalue weighted by Crippen LogP contribution is -2.53. The molecule has 0 saturated carbocycles. The standard InChI is InChI=1S/C26H21FN2O5/c1-34-25(33)26(16-5-3-2-4-6-16)21-20(22(28-26)15-7-13-19(30)14-8-15)23(31)29(24(21)32)18-11-9-17(27)10-12-18/h2-14,20-22,28,30H,1H3/t20-,21-,22-,26-/m1/s1. The van der Waals surface area contributed by atoms with Crippen LogP contribution in [0, 0.1) is 17.7 Å². The smallest absolute Gasteiger partial charge is 0.331 e. The molecule has 2 aliphatic rings. The Balaban J connectivity index is 1.72. The highest BCUT2D eigenvalue weighted by molar-refractivity contribution is 6.24. The summed E-state index contributed by atoms with van der Waals surface area (Å²) in [4.78, 5) is 42.0. The van der Waals surface area contributed by atoms with Crippen LogP contribution in [0.5, 0.6) is 5.75 Å². The van der Waals surface area contributed by atoms with E-state index in [2.05, 4.69) is 5.32 Å². The summed E-state index contributed by atoms with van der Waals surface area (Å²) in [6.07, 6.45) is 0. The van der Waals surface area contributed by atoms with Gasteiger partial charge >= 0.3 is 5.97 Å². The second-order valence-corrected chi connectivity index (χ2v) is 8.37. The number of imide groups is 1. The predicted molar refractivity (Wildman–Crippen MR) is 120 cm³/mol. The molecule has 0 radical (unpaired) electrons. The topological polar surface area (TPSA) is 95.9 Å². The van der Waals surface area contributed by atoms with Crippen LogP contribution >= 0.6 is 0 Å². The molecule has 8 heteroatoms. The van der Waals surface area contributed by atoms with Gasteiger partial charge in [0, 0.05) is 6.04 Å². The Morgan fingerprint density at radius 2 is 1.62 bits per heavy atom. The third-order valence-electron chi connectivity index (χ3n) is 6.63. The van der Waals surface area contributed by atoms with Gasteiger partial charge in [-0.05, 0) is 47.5 Å². The van der Waals surface area contributed by atoms with Crippen LogP contribution in [0.4, 0.5) is 10.1 Å². The van der Waals surface area contributed by atoms with E-state index in [0.717, 1.165) is 4.90 Å². The molecular weight excluding hydrogens is 439 g/mol. The minimum absolute atomic E-state index is 0.0438. The number of halogens is 1. The maximum absolute atomic E-state index is 13.8. The van der Waals surface area contributed by atoms with Crippen LogP contribution in [0.1, 0.15) is 17.2 Å². The molecular formula is C26H21FN2O5. The summed E-state index contributed by atoms with van der Waals surface area (Å²) in [5.74, 6) is -4.29. The van der Waals surface area contributed by atoms with Crippen molar-refractivity contribution in [3.63, 3.8) is 0 Å². The molecule has 0 aliphatic carbocycles. The van der Waals surface area contributed by atoms with Crippen molar-refractivity contribution in [1.82, 2.24) is 5.32 Å². The fraction of sp³-hybridized carbons (Fsp3) is 0.192. The molecule has 0 aromatic heterocycles. The largest absolute Gasteiger partial charge is 0.508 e. The van der Waals surface area contributed by atoms with Gasteiger partial charge in [-0.15, -0.1) is 0 Å². The first-order valence-electron chi connectivity index (χ1n) is 10.7. The number of anilines is 1. The molecule has 5 rings (SSSR count). The molecule has 3 aromatic carbocycles. The molecule has 2 fully saturated rings. The Morgan fingerprint density at radius 3 is 2.24 bits per heavy atom. The number of benzene rings is 3. The monoisotopic (exact) mass is 460 g/mol. The molecule has 4 atom stereocenters. The average molecular weight is 460 g/mol. The third kappa shape index (κ3) is 3.10. The van der Waals surface area contributed by atoms with Gasteiger partial charge in [0.25, 0.3) is 0 Å². The van der Waals surface area contributed by atoms with Crippen LogP contribution in [0.2, 0.25) is 0 Å². The number of fused-ring (bicyclic) bond motifs is 1. The van der Waals surface area contributed by atoms with Crippen LogP contribution in [0.3, 0.4) is 0 Å². The molecule has 3 aromatic rings. The van der Waals surface area contributed by atoms with Gasteiger partial charge in [-0.2, -0.15) is 0 Å². The number of phenolic OH excluding ortho intramolecular Hbond substituents is 1. The molecule has 2 heterocycles. The predicted octanol–water partition coefficient (Wildman–Crippen LogP) is 3.05. The number of aromatic hydroxyl groups is 1. The average Bonchev–Trinajstić information content (AvgIpc) is 3.35. The molecule has 2 N–H and O–H groups in total. The van der Waals surface area contributed by atoms with Crippen LogP contribution in [0.15, 0.2) is 78.9 Å². The number of nitrogens with zero attached hydrogens (tertiary/aromatic N) is 1. The number of carbonyl (C=O) groups excluding carboxylic acids is 3. The molecule has 2 aliphatic heterocycles. The van der Waals surface area contributed by atoms with Crippen LogP contribution in [-0.4, -0.2) is 30.0 Å². The van der Waals surface area contributed by atoms with E-state index in [0.29, 0.717) is 11.1 Å². The van der Waals surface area contributed by atoms with Gasteiger partial charge < -0.3 is 9.84 Å². The summed E-state index contributed by atoms with van der Waals surface area (Å²) in [5.41, 5.74) is -0.302. The van der Waals surface area contributed by atoms with Crippen molar-refractivity contribution >= 4 is 23.5 Å². The van der Waals surface area contributed by atoms with Crippen LogP contribution in [0.25, 0.3) is 0 Å². The van der Waals surface area contributed by atoms with Crippen molar-refractivity contribution in [3.05, 3.63) is 95.8 Å². The first-order chi connectivity index (χ1) is 16.4. The van der Waals surface area contributed by atoms with Crippen molar-refractivity contribution < 1.29 is 28.6 Å². The highest BCUT2D eigenvalue weighted by Gasteiger charge is 2.69. The summed E-state index contributed by atoms with van der Waals surface area (Å²) >= 11 is 0. The van der Waals surface area contributed by atoms with Gasteiger partial charge in [0.15, 0.2) is 5.54 Å². The maximum Gasteiger partial charge on any atom is 0.331 e. The third-order valence-corrected chi connectivity index (χ3v) is 6.63. The van der Waals surface area contributed by atoms with Gasteiger partial charge in [0.2, 0.25) is 11.8 Å². The fourth-order valence-corrected chi connectivity index (χ4v) is 5.15. The van der Waals surface area contributed by atoms with E-state index in [1.807, 2.05) is 0 Å². The van der Waals surface area contributed by atoms with Crippen molar-refractivity contribution in [1.29, 1.82) is 0 Å². The Hall–Kier alpha value is -4.04. The Kier molecular flexibility index (Phi) is 5.17. The summed E-state index contributed by atoms with van der Waals surface area (Å²) in [6.45, 7) is 0. The number of esters is 1. The number of hydrogen-bond acceptors (Lipinski definition) is 6. The minimum Gasteiger partial charge on any atom is -0.508 e. The maximum atomic E-state index is 13.8. The first kappa shape index (κ1) is 21.8. The normalized spacial score (nSPS) is 25.9. The molecule has 7 nitrogen and oxygen atoms in total. The number of hydrogen-bond donors (Lipinski definition) is 2. The van der Waals surface area contributed by atoms with Crippen LogP contribution < -0.4 is 10.2 Å². The lowest BCUT2D eigenvalue weighted by molar-refractivity contribution is -0.152. The quantitative estimate of drug-likeness (QED) is 0.459. The highest BCUT2D eigenvalue weighted by Crippen LogP contribution is 2.54. The lowest BCUT2D eigenvalue weighted by Gasteiger charge is -2.33. The zero-order chi connectivity index (χ0) is 24.0. The molecule has 0 spiro atoms. The van der Waals surface area contributed by atoms with Crippen LogP contribution in [-0.2, 0) is 24.7 Å². The number of rotatable bonds is 4. The van der Waals surface area contributed by atoms with Gasteiger partial charge in [-0.3, -0.25) is 14.9 Å². The van der Waals surface area contributed by atoms with Gasteiger partial charge in [-0.25, -0.2) is 14.1 Å². The molecule has 2 saturated heterocycles. The fourth-order valence-electron chi connectivity index (χ4n) is 5.15. The zero-order valence-corrected chi connectivity index (χ0v) is 18.1. The summed E-state index contributed by atoms with van der Waals surface area (Å²) in [5, 5.41) is 13.0. The minimum atomic E-state index is -1.63.